The molecule has 5 nitrogen and oxygen atoms in total. The maximum absolute atomic E-state index is 13.1. The smallest absolute Gasteiger partial charge is 0.269 e. The second-order valence-corrected chi connectivity index (χ2v) is 6.26. The number of rotatable bonds is 2. The number of halogens is 6. The average Bonchev–Trinajstić information content (AvgIpc) is 2.94. The highest BCUT2D eigenvalue weighted by molar-refractivity contribution is 7.13. The Morgan fingerprint density at radius 3 is 2.30 bits per heavy atom. The monoisotopic (exact) mass is 409 g/mol. The van der Waals surface area contributed by atoms with Gasteiger partial charge in [0.1, 0.15) is 5.69 Å². The normalized spacial score (nSPS) is 12.7. The third-order valence-corrected chi connectivity index (χ3v) is 4.63. The zero-order valence-electron chi connectivity index (χ0n) is 13.4. The van der Waals surface area contributed by atoms with E-state index in [-0.39, 0.29) is 16.3 Å². The van der Waals surface area contributed by atoms with Crippen LogP contribution in [0.25, 0.3) is 15.8 Å². The highest BCUT2D eigenvalue weighted by Gasteiger charge is 2.45. The Hall–Kier alpha value is -2.63. The van der Waals surface area contributed by atoms with Crippen molar-refractivity contribution in [3.8, 4) is 5.69 Å². The van der Waals surface area contributed by atoms with Crippen LogP contribution in [-0.2, 0) is 18.9 Å². The molecule has 0 atom stereocenters. The van der Waals surface area contributed by atoms with E-state index in [0.29, 0.717) is 22.2 Å². The molecule has 2 aromatic heterocycles. The fraction of sp³-hybridized carbons (Fsp3) is 0.267. The van der Waals surface area contributed by atoms with E-state index in [1.54, 1.807) is 6.92 Å². The van der Waals surface area contributed by atoms with Crippen LogP contribution >= 0.6 is 11.5 Å². The minimum absolute atomic E-state index is 0.0548. The molecule has 144 valence electrons. The van der Waals surface area contributed by atoms with Crippen molar-refractivity contribution in [3.63, 3.8) is 0 Å². The Bertz CT molecular complexity index is 1140. The van der Waals surface area contributed by atoms with E-state index in [9.17, 15) is 35.9 Å². The van der Waals surface area contributed by atoms with Crippen LogP contribution in [0.1, 0.15) is 18.3 Å². The van der Waals surface area contributed by atoms with Crippen LogP contribution in [0, 0.1) is 0 Å². The molecule has 3 rings (SSSR count). The molecule has 0 amide bonds. The first-order valence-corrected chi connectivity index (χ1v) is 8.14. The van der Waals surface area contributed by atoms with Crippen molar-refractivity contribution in [1.29, 1.82) is 0 Å². The molecule has 12 heteroatoms. The zero-order valence-corrected chi connectivity index (χ0v) is 14.2. The van der Waals surface area contributed by atoms with Crippen LogP contribution < -0.4 is 11.2 Å². The summed E-state index contributed by atoms with van der Waals surface area (Å²) in [7, 11) is 0. The molecule has 0 saturated heterocycles. The number of alkyl halides is 6. The molecule has 3 aromatic rings. The first-order chi connectivity index (χ1) is 12.4. The van der Waals surface area contributed by atoms with Crippen LogP contribution in [0.5, 0.6) is 0 Å². The Morgan fingerprint density at radius 2 is 1.74 bits per heavy atom. The average molecular weight is 409 g/mol. The highest BCUT2D eigenvalue weighted by Crippen LogP contribution is 2.33. The highest BCUT2D eigenvalue weighted by atomic mass is 32.1. The van der Waals surface area contributed by atoms with Gasteiger partial charge in [-0.15, -0.1) is 13.2 Å². The van der Waals surface area contributed by atoms with Gasteiger partial charge in [-0.3, -0.25) is 4.79 Å². The molecule has 2 heterocycles. The molecule has 0 aliphatic rings. The Labute approximate surface area is 150 Å². The predicted molar refractivity (Wildman–Crippen MR) is 85.2 cm³/mol. The second kappa shape index (κ2) is 6.22. The first kappa shape index (κ1) is 19.1. The molecule has 0 radical (unpaired) electrons. The summed E-state index contributed by atoms with van der Waals surface area (Å²) in [5.74, 6) is 0. The van der Waals surface area contributed by atoms with E-state index in [2.05, 4.69) is 4.37 Å². The summed E-state index contributed by atoms with van der Waals surface area (Å²) in [6, 6.07) is 3.62. The van der Waals surface area contributed by atoms with Crippen LogP contribution in [0.3, 0.4) is 0 Å². The molecular weight excluding hydrogens is 400 g/mol. The zero-order chi connectivity index (χ0) is 20.1. The van der Waals surface area contributed by atoms with Gasteiger partial charge in [0, 0.05) is 11.5 Å². The molecule has 1 aromatic carbocycles. The SMILES string of the molecule is CCc1nsc2ccc(-n3c(=O)cc(C(F)(F)F)n(C(F)(F)F)c3=O)cc12. The number of hydrogen-bond acceptors (Lipinski definition) is 4. The van der Waals surface area contributed by atoms with Gasteiger partial charge in [0.05, 0.1) is 16.1 Å². The first-order valence-electron chi connectivity index (χ1n) is 7.37. The quantitative estimate of drug-likeness (QED) is 0.607. The summed E-state index contributed by atoms with van der Waals surface area (Å²) in [6.45, 7) is 1.78. The largest absolute Gasteiger partial charge is 0.493 e. The third-order valence-electron chi connectivity index (χ3n) is 3.77. The molecule has 0 unspecified atom stereocenters. The van der Waals surface area contributed by atoms with Gasteiger partial charge in [-0.25, -0.2) is 9.36 Å². The number of benzene rings is 1. The van der Waals surface area contributed by atoms with Crippen LogP contribution in [0.4, 0.5) is 26.3 Å². The maximum Gasteiger partial charge on any atom is 0.493 e. The summed E-state index contributed by atoms with van der Waals surface area (Å²) in [4.78, 5) is 24.3. The maximum atomic E-state index is 13.1. The van der Waals surface area contributed by atoms with Gasteiger partial charge >= 0.3 is 18.2 Å². The summed E-state index contributed by atoms with van der Waals surface area (Å²) in [5.41, 5.74) is -5.74. The molecule has 0 spiro atoms. The fourth-order valence-corrected chi connectivity index (χ4v) is 3.45. The van der Waals surface area contributed by atoms with Crippen molar-refractivity contribution >= 4 is 21.6 Å². The predicted octanol–water partition coefficient (Wildman–Crippen LogP) is 3.67. The van der Waals surface area contributed by atoms with Crippen molar-refractivity contribution in [2.45, 2.75) is 25.8 Å². The van der Waals surface area contributed by atoms with Crippen molar-refractivity contribution < 1.29 is 26.3 Å². The van der Waals surface area contributed by atoms with Gasteiger partial charge < -0.3 is 0 Å². The van der Waals surface area contributed by atoms with Gasteiger partial charge in [-0.2, -0.15) is 22.1 Å². The lowest BCUT2D eigenvalue weighted by atomic mass is 10.1. The number of hydrogen-bond donors (Lipinski definition) is 0. The molecule has 0 bridgehead atoms. The van der Waals surface area contributed by atoms with Gasteiger partial charge in [-0.05, 0) is 36.2 Å². The van der Waals surface area contributed by atoms with Gasteiger partial charge in [0.15, 0.2) is 0 Å². The number of nitrogens with zero attached hydrogens (tertiary/aromatic N) is 3. The van der Waals surface area contributed by atoms with E-state index in [0.717, 1.165) is 11.5 Å². The molecular formula is C15H9F6N3O2S. The van der Waals surface area contributed by atoms with Crippen molar-refractivity contribution in [2.75, 3.05) is 0 Å². The summed E-state index contributed by atoms with van der Waals surface area (Å²) >= 11 is 1.11. The Morgan fingerprint density at radius 1 is 1.07 bits per heavy atom. The third kappa shape index (κ3) is 3.24. The van der Waals surface area contributed by atoms with Gasteiger partial charge in [0.2, 0.25) is 0 Å². The van der Waals surface area contributed by atoms with Crippen LogP contribution in [0.2, 0.25) is 0 Å². The second-order valence-electron chi connectivity index (χ2n) is 5.45. The lowest BCUT2D eigenvalue weighted by Gasteiger charge is -2.18. The van der Waals surface area contributed by atoms with E-state index >= 15 is 0 Å². The van der Waals surface area contributed by atoms with Gasteiger partial charge in [-0.1, -0.05) is 6.92 Å². The van der Waals surface area contributed by atoms with Crippen molar-refractivity contribution in [1.82, 2.24) is 13.5 Å². The van der Waals surface area contributed by atoms with Crippen molar-refractivity contribution in [3.05, 3.63) is 56.5 Å². The lowest BCUT2D eigenvalue weighted by Crippen LogP contribution is -2.46. The number of aromatic nitrogens is 3. The van der Waals surface area contributed by atoms with Crippen LogP contribution in [0.15, 0.2) is 33.9 Å². The van der Waals surface area contributed by atoms with Crippen molar-refractivity contribution in [2.24, 2.45) is 0 Å². The standard InChI is InChI=1S/C15H9F6N3O2S/c1-2-9-8-5-7(3-4-10(8)27-22-9)23-12(25)6-11(14(16,17)18)24(13(23)26)15(19,20)21/h3-6H,2H2,1H3. The van der Waals surface area contributed by atoms with Crippen LogP contribution in [-0.4, -0.2) is 13.5 Å². The molecule has 0 aliphatic heterocycles. The topological polar surface area (TPSA) is 56.9 Å². The minimum atomic E-state index is -5.67. The van der Waals surface area contributed by atoms with E-state index in [1.165, 1.54) is 18.2 Å². The summed E-state index contributed by atoms with van der Waals surface area (Å²) < 4.78 is 81.6. The lowest BCUT2D eigenvalue weighted by molar-refractivity contribution is -0.225. The number of aryl methyl sites for hydroxylation is 1. The van der Waals surface area contributed by atoms with E-state index in [1.807, 2.05) is 0 Å². The van der Waals surface area contributed by atoms with E-state index in [4.69, 9.17) is 0 Å². The summed E-state index contributed by atoms with van der Waals surface area (Å²) in [6.07, 6.45) is -10.7. The fourth-order valence-electron chi connectivity index (χ4n) is 2.61. The Balaban J connectivity index is 2.38. The summed E-state index contributed by atoms with van der Waals surface area (Å²) in [5, 5.41) is 0.504. The minimum Gasteiger partial charge on any atom is -0.269 e. The molecule has 0 aliphatic carbocycles. The number of fused-ring (bicyclic) bond motifs is 1. The van der Waals surface area contributed by atoms with E-state index < -0.39 is 34.0 Å². The molecule has 0 saturated carbocycles. The molecule has 0 N–H and O–H groups in total. The molecule has 27 heavy (non-hydrogen) atoms. The van der Waals surface area contributed by atoms with Gasteiger partial charge in [0.25, 0.3) is 5.56 Å². The molecule has 0 fully saturated rings. The Kier molecular flexibility index (Phi) is 4.41.